The van der Waals surface area contributed by atoms with Gasteiger partial charge in [-0.1, -0.05) is 29.8 Å². The van der Waals surface area contributed by atoms with Crippen LogP contribution >= 0.6 is 11.6 Å². The number of aliphatic hydroxyl groups is 3. The fourth-order valence-electron chi connectivity index (χ4n) is 2.70. The van der Waals surface area contributed by atoms with Gasteiger partial charge in [-0.2, -0.15) is 4.80 Å². The Morgan fingerprint density at radius 3 is 2.63 bits per heavy atom. The van der Waals surface area contributed by atoms with E-state index in [0.717, 1.165) is 0 Å². The zero-order valence-electron chi connectivity index (χ0n) is 13.7. The van der Waals surface area contributed by atoms with Crippen LogP contribution in [0.25, 0.3) is 0 Å². The highest BCUT2D eigenvalue weighted by atomic mass is 35.5. The van der Waals surface area contributed by atoms with Crippen molar-refractivity contribution in [1.82, 2.24) is 20.2 Å². The summed E-state index contributed by atoms with van der Waals surface area (Å²) < 4.78 is 10.9. The molecule has 0 aliphatic carbocycles. The van der Waals surface area contributed by atoms with Gasteiger partial charge in [0.1, 0.15) is 24.4 Å². The van der Waals surface area contributed by atoms with Crippen LogP contribution in [0, 0.1) is 0 Å². The average molecular weight is 401 g/mol. The molecule has 1 aromatic carbocycles. The van der Waals surface area contributed by atoms with Crippen LogP contribution in [-0.2, 0) is 20.8 Å². The Morgan fingerprint density at radius 2 is 2.00 bits per heavy atom. The number of aromatic nitrogens is 4. The van der Waals surface area contributed by atoms with Crippen molar-refractivity contribution in [3.8, 4) is 0 Å². The number of aliphatic carboxylic acids is 1. The predicted octanol–water partition coefficient (Wildman–Crippen LogP) is -1.02. The molecule has 1 aliphatic rings. The van der Waals surface area contributed by atoms with E-state index in [0.29, 0.717) is 10.6 Å². The Kier molecular flexibility index (Phi) is 5.99. The van der Waals surface area contributed by atoms with Crippen molar-refractivity contribution >= 4 is 17.6 Å². The molecule has 2 aromatic rings. The summed E-state index contributed by atoms with van der Waals surface area (Å²) in [5.74, 6) is -1.51. The van der Waals surface area contributed by atoms with Crippen molar-refractivity contribution in [2.75, 3.05) is 0 Å². The molecular formula is C15H17ClN4O7. The Balaban J connectivity index is 1.86. The van der Waals surface area contributed by atoms with Gasteiger partial charge in [0.15, 0.2) is 18.7 Å². The summed E-state index contributed by atoms with van der Waals surface area (Å²) in [6, 6.07) is 6.71. The first kappa shape index (κ1) is 19.6. The van der Waals surface area contributed by atoms with Gasteiger partial charge in [0.2, 0.25) is 0 Å². The maximum atomic E-state index is 11.2. The highest BCUT2D eigenvalue weighted by Crippen LogP contribution is 2.31. The normalized spacial score (nSPS) is 29.4. The van der Waals surface area contributed by atoms with Crippen LogP contribution in [0.3, 0.4) is 0 Å². The second-order valence-electron chi connectivity index (χ2n) is 5.87. The first-order valence-corrected chi connectivity index (χ1v) is 8.29. The van der Waals surface area contributed by atoms with E-state index in [1.54, 1.807) is 24.3 Å². The third kappa shape index (κ3) is 4.24. The second kappa shape index (κ2) is 8.25. The lowest BCUT2D eigenvalue weighted by Gasteiger charge is -2.39. The second-order valence-corrected chi connectivity index (χ2v) is 6.28. The summed E-state index contributed by atoms with van der Waals surface area (Å²) in [5, 5.41) is 50.6. The summed E-state index contributed by atoms with van der Waals surface area (Å²) in [6.45, 7) is 0.0205. The van der Waals surface area contributed by atoms with Gasteiger partial charge in [0.25, 0.3) is 0 Å². The number of hydrogen-bond acceptors (Lipinski definition) is 9. The van der Waals surface area contributed by atoms with Crippen LogP contribution in [0.4, 0.5) is 0 Å². The minimum absolute atomic E-state index is 0.0205. The molecule has 4 N–H and O–H groups in total. The molecule has 27 heavy (non-hydrogen) atoms. The van der Waals surface area contributed by atoms with Crippen LogP contribution in [0.1, 0.15) is 11.7 Å². The van der Waals surface area contributed by atoms with Crippen LogP contribution in [-0.4, -0.2) is 77.3 Å². The van der Waals surface area contributed by atoms with Gasteiger partial charge in [0, 0.05) is 10.6 Å². The van der Waals surface area contributed by atoms with E-state index in [9.17, 15) is 20.1 Å². The predicted molar refractivity (Wildman–Crippen MR) is 87.4 cm³/mol. The van der Waals surface area contributed by atoms with E-state index in [1.807, 2.05) is 0 Å². The Labute approximate surface area is 157 Å². The van der Waals surface area contributed by atoms with Crippen molar-refractivity contribution in [2.24, 2.45) is 0 Å². The third-order valence-corrected chi connectivity index (χ3v) is 4.43. The minimum atomic E-state index is -1.81. The van der Waals surface area contributed by atoms with Gasteiger partial charge >= 0.3 is 5.97 Å². The molecule has 0 unspecified atom stereocenters. The van der Waals surface area contributed by atoms with E-state index >= 15 is 0 Å². The number of carboxylic acids is 1. The smallest absolute Gasteiger partial charge is 0.335 e. The molecule has 1 aliphatic heterocycles. The number of rotatable bonds is 6. The molecule has 1 saturated heterocycles. The van der Waals surface area contributed by atoms with Gasteiger partial charge in [-0.3, -0.25) is 0 Å². The molecule has 6 atom stereocenters. The zero-order valence-corrected chi connectivity index (χ0v) is 14.5. The number of ether oxygens (including phenoxy) is 2. The molecule has 146 valence electrons. The average Bonchev–Trinajstić information content (AvgIpc) is 3.14. The summed E-state index contributed by atoms with van der Waals surface area (Å²) >= 11 is 6.21. The highest BCUT2D eigenvalue weighted by Gasteiger charge is 2.48. The molecule has 0 amide bonds. The lowest BCUT2D eigenvalue weighted by molar-refractivity contribution is -0.306. The lowest BCUT2D eigenvalue weighted by atomic mass is 9.99. The molecule has 1 fully saturated rings. The fraction of sp³-hybridized carbons (Fsp3) is 0.467. The fourth-order valence-corrected chi connectivity index (χ4v) is 2.96. The van der Waals surface area contributed by atoms with E-state index in [4.69, 9.17) is 26.2 Å². The van der Waals surface area contributed by atoms with E-state index in [2.05, 4.69) is 15.4 Å². The molecular weight excluding hydrogens is 384 g/mol. The van der Waals surface area contributed by atoms with Gasteiger partial charge < -0.3 is 29.9 Å². The number of carboxylic acid groups (broad SMARTS) is 1. The van der Waals surface area contributed by atoms with Gasteiger partial charge in [-0.25, -0.2) is 4.79 Å². The minimum Gasteiger partial charge on any atom is -0.479 e. The number of tetrazole rings is 1. The number of carbonyl (C=O) groups is 1. The number of nitrogens with zero attached hydrogens (tertiary/aromatic N) is 4. The molecule has 1 aromatic heterocycles. The van der Waals surface area contributed by atoms with Crippen molar-refractivity contribution in [3.63, 3.8) is 0 Å². The summed E-state index contributed by atoms with van der Waals surface area (Å²) in [5.41, 5.74) is 0.500. The molecule has 11 nitrogen and oxygen atoms in total. The quantitative estimate of drug-likeness (QED) is 0.472. The summed E-state index contributed by atoms with van der Waals surface area (Å²) in [4.78, 5) is 12.5. The monoisotopic (exact) mass is 400 g/mol. The SMILES string of the molecule is O=C(O)[C@H]1O[C@@H](O[C@@H](Cn2ncnn2)c2ccccc2Cl)[C@H](O)[C@@H](O)[C@@H]1O. The summed E-state index contributed by atoms with van der Waals surface area (Å²) in [6.07, 6.45) is -8.25. The van der Waals surface area contributed by atoms with Gasteiger partial charge in [0.05, 0.1) is 6.54 Å². The molecule has 0 saturated carbocycles. The van der Waals surface area contributed by atoms with Crippen LogP contribution in [0.15, 0.2) is 30.6 Å². The third-order valence-electron chi connectivity index (χ3n) is 4.08. The maximum Gasteiger partial charge on any atom is 0.335 e. The number of benzene rings is 1. The lowest BCUT2D eigenvalue weighted by Crippen LogP contribution is -2.60. The Morgan fingerprint density at radius 1 is 1.26 bits per heavy atom. The number of aliphatic hydroxyl groups excluding tert-OH is 3. The standard InChI is InChI=1S/C15H17ClN4O7/c16-8-4-2-1-3-7(8)9(5-20-18-6-17-19-20)26-15-12(23)10(21)11(22)13(27-15)14(24)25/h1-4,6,9-13,15,21-23H,5H2,(H,24,25)/t9-,10-,11-,12+,13-,15+/m0/s1. The first-order valence-electron chi connectivity index (χ1n) is 7.91. The van der Waals surface area contributed by atoms with Gasteiger partial charge in [-0.05, 0) is 11.3 Å². The van der Waals surface area contributed by atoms with E-state index in [1.165, 1.54) is 11.1 Å². The molecule has 2 heterocycles. The largest absolute Gasteiger partial charge is 0.479 e. The first-order chi connectivity index (χ1) is 12.9. The number of hydrogen-bond donors (Lipinski definition) is 4. The van der Waals surface area contributed by atoms with Crippen molar-refractivity contribution in [2.45, 2.75) is 43.4 Å². The van der Waals surface area contributed by atoms with Gasteiger partial charge in [-0.15, -0.1) is 10.2 Å². The Bertz CT molecular complexity index is 777. The van der Waals surface area contributed by atoms with Crippen LogP contribution < -0.4 is 0 Å². The highest BCUT2D eigenvalue weighted by molar-refractivity contribution is 6.31. The molecule has 0 radical (unpaired) electrons. The van der Waals surface area contributed by atoms with E-state index < -0.39 is 42.8 Å². The Hall–Kier alpha value is -2.15. The molecule has 3 rings (SSSR count). The van der Waals surface area contributed by atoms with E-state index in [-0.39, 0.29) is 6.54 Å². The molecule has 0 bridgehead atoms. The maximum absolute atomic E-state index is 11.2. The van der Waals surface area contributed by atoms with Crippen molar-refractivity contribution < 1.29 is 34.7 Å². The van der Waals surface area contributed by atoms with Crippen molar-refractivity contribution in [1.29, 1.82) is 0 Å². The zero-order chi connectivity index (χ0) is 19.6. The summed E-state index contributed by atoms with van der Waals surface area (Å²) in [7, 11) is 0. The topological polar surface area (TPSA) is 160 Å². The number of halogens is 1. The molecule has 0 spiro atoms. The van der Waals surface area contributed by atoms with Crippen LogP contribution in [0.5, 0.6) is 0 Å². The van der Waals surface area contributed by atoms with Crippen LogP contribution in [0.2, 0.25) is 5.02 Å². The molecule has 12 heteroatoms. The van der Waals surface area contributed by atoms with Crippen molar-refractivity contribution in [3.05, 3.63) is 41.2 Å².